The summed E-state index contributed by atoms with van der Waals surface area (Å²) in [5, 5.41) is 7.01. The molecule has 2 heteroatoms. The molecular weight excluding hydrogens is 232 g/mol. The van der Waals surface area contributed by atoms with Crippen LogP contribution in [-0.2, 0) is 12.8 Å². The molecule has 0 saturated carbocycles. The van der Waals surface area contributed by atoms with Crippen LogP contribution in [0.3, 0.4) is 0 Å². The molecule has 0 aliphatic carbocycles. The minimum absolute atomic E-state index is 0.666. The van der Waals surface area contributed by atoms with Crippen molar-refractivity contribution in [3.63, 3.8) is 0 Å². The van der Waals surface area contributed by atoms with Crippen molar-refractivity contribution >= 4 is 5.69 Å². The summed E-state index contributed by atoms with van der Waals surface area (Å²) in [6.45, 7) is 11.2. The van der Waals surface area contributed by atoms with E-state index in [4.69, 9.17) is 0 Å². The summed E-state index contributed by atoms with van der Waals surface area (Å²) in [5.74, 6) is 1.36. The fraction of sp³-hybridized carbons (Fsp3) is 0.647. The molecule has 0 saturated heterocycles. The van der Waals surface area contributed by atoms with Gasteiger partial charge in [0.15, 0.2) is 0 Å². The van der Waals surface area contributed by atoms with Gasteiger partial charge in [-0.3, -0.25) is 0 Å². The number of anilines is 1. The van der Waals surface area contributed by atoms with Crippen molar-refractivity contribution in [2.75, 3.05) is 25.5 Å². The zero-order valence-corrected chi connectivity index (χ0v) is 13.2. The SMILES string of the molecule is CCc1cccc(CC)c1NCC(CNC)C(C)C. The van der Waals surface area contributed by atoms with Gasteiger partial charge >= 0.3 is 0 Å². The highest BCUT2D eigenvalue weighted by Crippen LogP contribution is 2.23. The first-order valence-corrected chi connectivity index (χ1v) is 7.63. The van der Waals surface area contributed by atoms with Crippen LogP contribution in [0.4, 0.5) is 5.69 Å². The number of hydrogen-bond donors (Lipinski definition) is 2. The minimum atomic E-state index is 0.666. The third kappa shape index (κ3) is 4.54. The summed E-state index contributed by atoms with van der Waals surface area (Å²) in [4.78, 5) is 0. The van der Waals surface area contributed by atoms with E-state index in [-0.39, 0.29) is 0 Å². The lowest BCUT2D eigenvalue weighted by molar-refractivity contribution is 0.390. The maximum absolute atomic E-state index is 3.71. The number of aryl methyl sites for hydroxylation is 2. The Labute approximate surface area is 119 Å². The Balaban J connectivity index is 2.80. The van der Waals surface area contributed by atoms with Crippen LogP contribution in [-0.4, -0.2) is 20.1 Å². The summed E-state index contributed by atoms with van der Waals surface area (Å²) in [6.07, 6.45) is 2.18. The third-order valence-corrected chi connectivity index (χ3v) is 3.95. The number of nitrogens with one attached hydrogen (secondary N) is 2. The van der Waals surface area contributed by atoms with Gasteiger partial charge in [-0.2, -0.15) is 0 Å². The first kappa shape index (κ1) is 16.0. The molecule has 2 N–H and O–H groups in total. The quantitative estimate of drug-likeness (QED) is 0.746. The Kier molecular flexibility index (Phi) is 6.93. The van der Waals surface area contributed by atoms with Crippen molar-refractivity contribution in [3.05, 3.63) is 29.3 Å². The highest BCUT2D eigenvalue weighted by Gasteiger charge is 2.14. The lowest BCUT2D eigenvalue weighted by Gasteiger charge is -2.23. The highest BCUT2D eigenvalue weighted by molar-refractivity contribution is 5.57. The second-order valence-corrected chi connectivity index (χ2v) is 5.60. The maximum atomic E-state index is 3.71. The Morgan fingerprint density at radius 2 is 1.58 bits per heavy atom. The molecule has 19 heavy (non-hydrogen) atoms. The van der Waals surface area contributed by atoms with Crippen LogP contribution in [0.2, 0.25) is 0 Å². The van der Waals surface area contributed by atoms with Crippen LogP contribution in [0.25, 0.3) is 0 Å². The van der Waals surface area contributed by atoms with Crippen molar-refractivity contribution in [1.29, 1.82) is 0 Å². The van der Waals surface area contributed by atoms with Gasteiger partial charge in [0.05, 0.1) is 0 Å². The molecule has 0 fully saturated rings. The topological polar surface area (TPSA) is 24.1 Å². The second-order valence-electron chi connectivity index (χ2n) is 5.60. The summed E-state index contributed by atoms with van der Waals surface area (Å²) >= 11 is 0. The van der Waals surface area contributed by atoms with Gasteiger partial charge in [0.1, 0.15) is 0 Å². The molecule has 1 rings (SSSR count). The maximum Gasteiger partial charge on any atom is 0.0405 e. The smallest absolute Gasteiger partial charge is 0.0405 e. The lowest BCUT2D eigenvalue weighted by atomic mass is 9.95. The van der Waals surface area contributed by atoms with Gasteiger partial charge in [-0.05, 0) is 49.4 Å². The van der Waals surface area contributed by atoms with Crippen molar-refractivity contribution in [2.45, 2.75) is 40.5 Å². The number of para-hydroxylation sites is 1. The van der Waals surface area contributed by atoms with Crippen LogP contribution in [0, 0.1) is 11.8 Å². The predicted molar refractivity (Wildman–Crippen MR) is 85.9 cm³/mol. The molecule has 1 aromatic carbocycles. The molecule has 1 unspecified atom stereocenters. The van der Waals surface area contributed by atoms with E-state index < -0.39 is 0 Å². The Morgan fingerprint density at radius 3 is 2.00 bits per heavy atom. The average molecular weight is 262 g/mol. The molecule has 0 heterocycles. The van der Waals surface area contributed by atoms with E-state index >= 15 is 0 Å². The second kappa shape index (κ2) is 8.21. The molecular formula is C17H30N2. The lowest BCUT2D eigenvalue weighted by Crippen LogP contribution is -2.29. The summed E-state index contributed by atoms with van der Waals surface area (Å²) in [5.41, 5.74) is 4.24. The van der Waals surface area contributed by atoms with E-state index in [2.05, 4.69) is 56.5 Å². The molecule has 0 radical (unpaired) electrons. The molecule has 0 aromatic heterocycles. The molecule has 0 bridgehead atoms. The molecule has 0 amide bonds. The predicted octanol–water partition coefficient (Wildman–Crippen LogP) is 3.71. The third-order valence-electron chi connectivity index (χ3n) is 3.95. The molecule has 0 spiro atoms. The fourth-order valence-electron chi connectivity index (χ4n) is 2.51. The van der Waals surface area contributed by atoms with E-state index in [0.29, 0.717) is 11.8 Å². The molecule has 2 nitrogen and oxygen atoms in total. The van der Waals surface area contributed by atoms with Crippen LogP contribution in [0.15, 0.2) is 18.2 Å². The van der Waals surface area contributed by atoms with Gasteiger partial charge in [-0.15, -0.1) is 0 Å². The first-order chi connectivity index (χ1) is 9.13. The molecule has 0 aliphatic heterocycles. The van der Waals surface area contributed by atoms with Crippen molar-refractivity contribution < 1.29 is 0 Å². The highest BCUT2D eigenvalue weighted by atomic mass is 14.9. The van der Waals surface area contributed by atoms with Gasteiger partial charge in [-0.25, -0.2) is 0 Å². The van der Waals surface area contributed by atoms with Gasteiger partial charge in [0.25, 0.3) is 0 Å². The Bertz CT molecular complexity index is 349. The average Bonchev–Trinajstić information content (AvgIpc) is 2.42. The van der Waals surface area contributed by atoms with Crippen molar-refractivity contribution in [1.82, 2.24) is 5.32 Å². The zero-order valence-electron chi connectivity index (χ0n) is 13.2. The van der Waals surface area contributed by atoms with E-state index in [1.54, 1.807) is 0 Å². The number of benzene rings is 1. The zero-order chi connectivity index (χ0) is 14.3. The van der Waals surface area contributed by atoms with E-state index in [0.717, 1.165) is 25.9 Å². The molecule has 1 atom stereocenters. The van der Waals surface area contributed by atoms with Crippen LogP contribution in [0.1, 0.15) is 38.8 Å². The fourth-order valence-corrected chi connectivity index (χ4v) is 2.51. The number of hydrogen-bond acceptors (Lipinski definition) is 2. The Hall–Kier alpha value is -1.02. The van der Waals surface area contributed by atoms with Gasteiger partial charge in [-0.1, -0.05) is 45.9 Å². The standard InChI is InChI=1S/C17H30N2/c1-6-14-9-8-10-15(7-2)17(14)19-12-16(11-18-5)13(3)4/h8-10,13,16,18-19H,6-7,11-12H2,1-5H3. The molecule has 1 aromatic rings. The molecule has 0 aliphatic rings. The van der Waals surface area contributed by atoms with E-state index in [9.17, 15) is 0 Å². The summed E-state index contributed by atoms with van der Waals surface area (Å²) < 4.78 is 0. The first-order valence-electron chi connectivity index (χ1n) is 7.63. The van der Waals surface area contributed by atoms with Gasteiger partial charge in [0.2, 0.25) is 0 Å². The summed E-state index contributed by atoms with van der Waals surface area (Å²) in [6, 6.07) is 6.66. The Morgan fingerprint density at radius 1 is 1.00 bits per heavy atom. The van der Waals surface area contributed by atoms with Gasteiger partial charge in [0, 0.05) is 12.2 Å². The van der Waals surface area contributed by atoms with Crippen LogP contribution in [0.5, 0.6) is 0 Å². The van der Waals surface area contributed by atoms with Crippen LogP contribution >= 0.6 is 0 Å². The van der Waals surface area contributed by atoms with E-state index in [1.807, 2.05) is 7.05 Å². The normalized spacial score (nSPS) is 12.7. The van der Waals surface area contributed by atoms with Crippen molar-refractivity contribution in [2.24, 2.45) is 11.8 Å². The minimum Gasteiger partial charge on any atom is -0.384 e. The van der Waals surface area contributed by atoms with Crippen LogP contribution < -0.4 is 10.6 Å². The largest absolute Gasteiger partial charge is 0.384 e. The monoisotopic (exact) mass is 262 g/mol. The summed E-state index contributed by atoms with van der Waals surface area (Å²) in [7, 11) is 2.03. The van der Waals surface area contributed by atoms with Crippen molar-refractivity contribution in [3.8, 4) is 0 Å². The molecule has 108 valence electrons. The van der Waals surface area contributed by atoms with E-state index in [1.165, 1.54) is 16.8 Å². The number of rotatable bonds is 8. The van der Waals surface area contributed by atoms with Gasteiger partial charge < -0.3 is 10.6 Å².